The van der Waals surface area contributed by atoms with E-state index in [9.17, 15) is 13.2 Å². The molecule has 1 nitrogen and oxygen atoms in total. The predicted octanol–water partition coefficient (Wildman–Crippen LogP) is 3.48. The summed E-state index contributed by atoms with van der Waals surface area (Å²) in [6, 6.07) is 1.29. The maximum Gasteiger partial charge on any atom is 0.152 e. The molecule has 0 bridgehead atoms. The molecule has 1 aromatic carbocycles. The Hall–Kier alpha value is -1.45. The van der Waals surface area contributed by atoms with Gasteiger partial charge in [0.05, 0.1) is 0 Å². The smallest absolute Gasteiger partial charge is 0.152 e. The number of hydrogen-bond donors (Lipinski definition) is 1. The molecule has 1 aromatic rings. The van der Waals surface area contributed by atoms with Gasteiger partial charge in [-0.15, -0.1) is 6.58 Å². The van der Waals surface area contributed by atoms with E-state index >= 15 is 0 Å². The van der Waals surface area contributed by atoms with Crippen LogP contribution in [0.5, 0.6) is 0 Å². The lowest BCUT2D eigenvalue weighted by Gasteiger charge is -2.08. The summed E-state index contributed by atoms with van der Waals surface area (Å²) in [5.41, 5.74) is 0.614. The lowest BCUT2D eigenvalue weighted by Crippen LogP contribution is -2.06. The molecular formula is C11H12F3N. The largest absolute Gasteiger partial charge is 0.380 e. The van der Waals surface area contributed by atoms with Crippen LogP contribution in [0.1, 0.15) is 13.3 Å². The van der Waals surface area contributed by atoms with Crippen molar-refractivity contribution < 1.29 is 13.2 Å². The minimum absolute atomic E-state index is 0.294. The second-order valence-electron chi connectivity index (χ2n) is 3.38. The summed E-state index contributed by atoms with van der Waals surface area (Å²) in [7, 11) is 0. The minimum atomic E-state index is -0.922. The lowest BCUT2D eigenvalue weighted by molar-refractivity contribution is 0.547. The van der Waals surface area contributed by atoms with Gasteiger partial charge in [0.2, 0.25) is 0 Å². The van der Waals surface area contributed by atoms with Gasteiger partial charge in [-0.1, -0.05) is 5.57 Å². The molecule has 0 aliphatic heterocycles. The number of nitrogens with one attached hydrogen (secondary N) is 1. The normalized spacial score (nSPS) is 10.1. The first kappa shape index (κ1) is 11.6. The van der Waals surface area contributed by atoms with E-state index in [1.54, 1.807) is 0 Å². The maximum atomic E-state index is 13.1. The van der Waals surface area contributed by atoms with Crippen molar-refractivity contribution in [2.45, 2.75) is 13.3 Å². The molecule has 0 aliphatic carbocycles. The van der Waals surface area contributed by atoms with Gasteiger partial charge in [0.15, 0.2) is 11.6 Å². The SMILES string of the molecule is C=C(C)CCNc1c(F)cc(F)cc1F. The van der Waals surface area contributed by atoms with Gasteiger partial charge in [-0.3, -0.25) is 0 Å². The molecular weight excluding hydrogens is 203 g/mol. The molecule has 0 spiro atoms. The maximum absolute atomic E-state index is 13.1. The van der Waals surface area contributed by atoms with E-state index in [0.29, 0.717) is 25.1 Å². The van der Waals surface area contributed by atoms with Gasteiger partial charge in [0.25, 0.3) is 0 Å². The van der Waals surface area contributed by atoms with E-state index < -0.39 is 17.5 Å². The fraction of sp³-hybridized carbons (Fsp3) is 0.273. The van der Waals surface area contributed by atoms with E-state index in [1.807, 2.05) is 6.92 Å². The topological polar surface area (TPSA) is 12.0 Å². The summed E-state index contributed by atoms with van der Waals surface area (Å²) in [6.07, 6.45) is 0.607. The summed E-state index contributed by atoms with van der Waals surface area (Å²) in [5.74, 6) is -2.76. The molecule has 0 saturated heterocycles. The Balaban J connectivity index is 2.72. The Bertz CT molecular complexity index is 351. The van der Waals surface area contributed by atoms with E-state index in [1.165, 1.54) is 0 Å². The highest BCUT2D eigenvalue weighted by Crippen LogP contribution is 2.20. The Labute approximate surface area is 86.6 Å². The van der Waals surface area contributed by atoms with Crippen LogP contribution in [0, 0.1) is 17.5 Å². The monoisotopic (exact) mass is 215 g/mol. The number of anilines is 1. The van der Waals surface area contributed by atoms with Crippen LogP contribution < -0.4 is 5.32 Å². The van der Waals surface area contributed by atoms with Crippen LogP contribution in [0.25, 0.3) is 0 Å². The Morgan fingerprint density at radius 1 is 1.27 bits per heavy atom. The molecule has 0 amide bonds. The molecule has 0 saturated carbocycles. The Kier molecular flexibility index (Phi) is 3.77. The Morgan fingerprint density at radius 2 is 1.80 bits per heavy atom. The van der Waals surface area contributed by atoms with Crippen LogP contribution in [-0.4, -0.2) is 6.54 Å². The standard InChI is InChI=1S/C11H12F3N/c1-7(2)3-4-15-11-9(13)5-8(12)6-10(11)14/h5-6,15H,1,3-4H2,2H3. The van der Waals surface area contributed by atoms with Gasteiger partial charge < -0.3 is 5.32 Å². The molecule has 15 heavy (non-hydrogen) atoms. The van der Waals surface area contributed by atoms with E-state index in [0.717, 1.165) is 5.57 Å². The number of halogens is 3. The summed E-state index contributed by atoms with van der Waals surface area (Å²) in [6.45, 7) is 5.85. The van der Waals surface area contributed by atoms with Crippen LogP contribution >= 0.6 is 0 Å². The van der Waals surface area contributed by atoms with Crippen molar-refractivity contribution in [3.05, 3.63) is 41.7 Å². The van der Waals surface area contributed by atoms with Crippen LogP contribution in [0.4, 0.5) is 18.9 Å². The molecule has 0 heterocycles. The average molecular weight is 215 g/mol. The first-order valence-electron chi connectivity index (χ1n) is 4.53. The van der Waals surface area contributed by atoms with Gasteiger partial charge in [0, 0.05) is 18.7 Å². The van der Waals surface area contributed by atoms with Crippen LogP contribution in [0.3, 0.4) is 0 Å². The first-order chi connectivity index (χ1) is 7.00. The van der Waals surface area contributed by atoms with Crippen molar-refractivity contribution in [2.75, 3.05) is 11.9 Å². The van der Waals surface area contributed by atoms with Crippen molar-refractivity contribution in [3.63, 3.8) is 0 Å². The quantitative estimate of drug-likeness (QED) is 0.758. The molecule has 0 unspecified atom stereocenters. The molecule has 0 aliphatic rings. The molecule has 0 atom stereocenters. The zero-order chi connectivity index (χ0) is 11.4. The molecule has 4 heteroatoms. The van der Waals surface area contributed by atoms with Gasteiger partial charge in [0.1, 0.15) is 11.5 Å². The zero-order valence-corrected chi connectivity index (χ0v) is 8.41. The Morgan fingerprint density at radius 3 is 2.27 bits per heavy atom. The van der Waals surface area contributed by atoms with Crippen molar-refractivity contribution in [1.82, 2.24) is 0 Å². The predicted molar refractivity (Wildman–Crippen MR) is 54.2 cm³/mol. The minimum Gasteiger partial charge on any atom is -0.380 e. The fourth-order valence-electron chi connectivity index (χ4n) is 1.11. The molecule has 82 valence electrons. The third kappa shape index (κ3) is 3.31. The second-order valence-corrected chi connectivity index (χ2v) is 3.38. The van der Waals surface area contributed by atoms with E-state index in [-0.39, 0.29) is 5.69 Å². The second kappa shape index (κ2) is 4.87. The van der Waals surface area contributed by atoms with Gasteiger partial charge in [-0.25, -0.2) is 13.2 Å². The van der Waals surface area contributed by atoms with Crippen LogP contribution in [-0.2, 0) is 0 Å². The average Bonchev–Trinajstić information content (AvgIpc) is 2.08. The van der Waals surface area contributed by atoms with E-state index in [2.05, 4.69) is 11.9 Å². The van der Waals surface area contributed by atoms with Crippen molar-refractivity contribution in [2.24, 2.45) is 0 Å². The highest BCUT2D eigenvalue weighted by Gasteiger charge is 2.10. The molecule has 0 aromatic heterocycles. The molecule has 0 fully saturated rings. The van der Waals surface area contributed by atoms with Crippen LogP contribution in [0.15, 0.2) is 24.3 Å². The third-order valence-corrected chi connectivity index (χ3v) is 1.86. The third-order valence-electron chi connectivity index (χ3n) is 1.86. The van der Waals surface area contributed by atoms with Gasteiger partial charge in [-0.2, -0.15) is 0 Å². The number of benzene rings is 1. The molecule has 1 N–H and O–H groups in total. The summed E-state index contributed by atoms with van der Waals surface area (Å²) in [5, 5.41) is 2.56. The number of hydrogen-bond acceptors (Lipinski definition) is 1. The summed E-state index contributed by atoms with van der Waals surface area (Å²) < 4.78 is 38.7. The van der Waals surface area contributed by atoms with E-state index in [4.69, 9.17) is 0 Å². The van der Waals surface area contributed by atoms with Crippen molar-refractivity contribution in [3.8, 4) is 0 Å². The van der Waals surface area contributed by atoms with Crippen molar-refractivity contribution in [1.29, 1.82) is 0 Å². The van der Waals surface area contributed by atoms with Gasteiger partial charge in [-0.05, 0) is 13.3 Å². The summed E-state index contributed by atoms with van der Waals surface area (Å²) >= 11 is 0. The van der Waals surface area contributed by atoms with Gasteiger partial charge >= 0.3 is 0 Å². The fourth-order valence-corrected chi connectivity index (χ4v) is 1.11. The highest BCUT2D eigenvalue weighted by atomic mass is 19.1. The van der Waals surface area contributed by atoms with Crippen molar-refractivity contribution >= 4 is 5.69 Å². The molecule has 0 radical (unpaired) electrons. The lowest BCUT2D eigenvalue weighted by atomic mass is 10.2. The first-order valence-corrected chi connectivity index (χ1v) is 4.53. The highest BCUT2D eigenvalue weighted by molar-refractivity contribution is 5.46. The molecule has 1 rings (SSSR count). The zero-order valence-electron chi connectivity index (χ0n) is 8.41. The summed E-state index contributed by atoms with van der Waals surface area (Å²) in [4.78, 5) is 0. The number of rotatable bonds is 4. The van der Waals surface area contributed by atoms with Crippen LogP contribution in [0.2, 0.25) is 0 Å².